The van der Waals surface area contributed by atoms with Crippen molar-refractivity contribution >= 4 is 17.5 Å². The molecule has 2 aliphatic rings. The monoisotopic (exact) mass is 413 g/mol. The van der Waals surface area contributed by atoms with Gasteiger partial charge in [0.15, 0.2) is 11.5 Å². The lowest BCUT2D eigenvalue weighted by Gasteiger charge is -2.41. The van der Waals surface area contributed by atoms with E-state index in [9.17, 15) is 9.59 Å². The van der Waals surface area contributed by atoms with Gasteiger partial charge in [-0.25, -0.2) is 4.79 Å². The maximum atomic E-state index is 13.3. The van der Waals surface area contributed by atoms with Gasteiger partial charge in [0.05, 0.1) is 31.8 Å². The molecule has 30 heavy (non-hydrogen) atoms. The Bertz CT molecular complexity index is 912. The van der Waals surface area contributed by atoms with E-state index in [1.54, 1.807) is 14.0 Å². The number of carbonyl (C=O) groups excluding carboxylic acids is 2. The topological polar surface area (TPSA) is 74.2 Å². The molecule has 162 valence electrons. The molecule has 1 aromatic rings. The van der Waals surface area contributed by atoms with Crippen LogP contribution in [0.2, 0.25) is 0 Å². The van der Waals surface area contributed by atoms with Gasteiger partial charge in [0.25, 0.3) is 0 Å². The highest BCUT2D eigenvalue weighted by Gasteiger charge is 2.47. The number of hydrogen-bond acceptors (Lipinski definition) is 6. The molecule has 0 bridgehead atoms. The van der Waals surface area contributed by atoms with Crippen LogP contribution in [0.3, 0.4) is 0 Å². The minimum Gasteiger partial charge on any atom is -0.493 e. The van der Waals surface area contributed by atoms with Crippen molar-refractivity contribution in [2.75, 3.05) is 20.3 Å². The summed E-state index contributed by atoms with van der Waals surface area (Å²) < 4.78 is 16.5. The fraction of sp³-hybridized carbons (Fsp3) is 0.542. The number of benzene rings is 1. The van der Waals surface area contributed by atoms with E-state index in [0.717, 1.165) is 17.7 Å². The van der Waals surface area contributed by atoms with Crippen molar-refractivity contribution in [3.05, 3.63) is 35.0 Å². The summed E-state index contributed by atoms with van der Waals surface area (Å²) in [7, 11) is 1.58. The second-order valence-electron chi connectivity index (χ2n) is 8.61. The Morgan fingerprint density at radius 1 is 1.13 bits per heavy atom. The second-order valence-corrected chi connectivity index (χ2v) is 8.61. The molecule has 2 atom stereocenters. The molecular formula is C24H31NO5. The van der Waals surface area contributed by atoms with Gasteiger partial charge < -0.3 is 14.2 Å². The SMILES string of the molecule is CCOC(=O)C1=C(C)N=C2CC(C)(C)CC(=O)C2[C@H]1c1ccc(OCC)c(OC)c1. The lowest BCUT2D eigenvalue weighted by Crippen LogP contribution is -2.44. The molecule has 0 N–H and O–H groups in total. The molecule has 3 rings (SSSR count). The van der Waals surface area contributed by atoms with Crippen LogP contribution in [0, 0.1) is 11.3 Å². The van der Waals surface area contributed by atoms with E-state index in [1.165, 1.54) is 0 Å². The number of Topliss-reactive ketones (excluding diaryl/α,β-unsaturated/α-hetero) is 1. The van der Waals surface area contributed by atoms with E-state index in [1.807, 2.05) is 32.0 Å². The van der Waals surface area contributed by atoms with Gasteiger partial charge in [-0.1, -0.05) is 19.9 Å². The zero-order valence-electron chi connectivity index (χ0n) is 18.7. The summed E-state index contributed by atoms with van der Waals surface area (Å²) in [6, 6.07) is 5.59. The van der Waals surface area contributed by atoms with E-state index < -0.39 is 17.8 Å². The molecule has 1 unspecified atom stereocenters. The van der Waals surface area contributed by atoms with Crippen molar-refractivity contribution in [3.63, 3.8) is 0 Å². The summed E-state index contributed by atoms with van der Waals surface area (Å²) in [6.07, 6.45) is 1.18. The number of esters is 1. The third-order valence-corrected chi connectivity index (χ3v) is 5.71. The summed E-state index contributed by atoms with van der Waals surface area (Å²) in [5.41, 5.74) is 2.59. The number of hydrogen-bond donors (Lipinski definition) is 0. The van der Waals surface area contributed by atoms with E-state index in [-0.39, 0.29) is 17.8 Å². The first-order chi connectivity index (χ1) is 14.2. The van der Waals surface area contributed by atoms with Crippen LogP contribution in [0.15, 0.2) is 34.5 Å². The maximum absolute atomic E-state index is 13.3. The largest absolute Gasteiger partial charge is 0.493 e. The molecule has 1 aromatic carbocycles. The van der Waals surface area contributed by atoms with Crippen molar-refractivity contribution in [2.24, 2.45) is 16.3 Å². The molecule has 0 spiro atoms. The summed E-state index contributed by atoms with van der Waals surface area (Å²) in [5, 5.41) is 0. The summed E-state index contributed by atoms with van der Waals surface area (Å²) in [6.45, 7) is 10.4. The molecule has 6 nitrogen and oxygen atoms in total. The standard InChI is InChI=1S/C24H31NO5/c1-7-29-18-10-9-15(11-19(18)28-6)21-20(23(27)30-8-2)14(3)25-16-12-24(4,5)13-17(26)22(16)21/h9-11,21-22H,7-8,12-13H2,1-6H3/t21-,22?/m0/s1. The number of aliphatic imine (C=N–C) groups is 1. The van der Waals surface area contributed by atoms with Crippen LogP contribution in [0.1, 0.15) is 58.9 Å². The van der Waals surface area contributed by atoms with Crippen molar-refractivity contribution in [3.8, 4) is 11.5 Å². The number of ketones is 1. The van der Waals surface area contributed by atoms with Crippen LogP contribution in [0.4, 0.5) is 0 Å². The van der Waals surface area contributed by atoms with Crippen LogP contribution in [0.5, 0.6) is 11.5 Å². The number of fused-ring (bicyclic) bond motifs is 1. The van der Waals surface area contributed by atoms with E-state index in [2.05, 4.69) is 13.8 Å². The van der Waals surface area contributed by atoms with Gasteiger partial charge in [-0.2, -0.15) is 0 Å². The molecule has 0 amide bonds. The molecular weight excluding hydrogens is 382 g/mol. The Hall–Kier alpha value is -2.63. The Morgan fingerprint density at radius 2 is 1.87 bits per heavy atom. The number of rotatable bonds is 6. The minimum absolute atomic E-state index is 0.108. The van der Waals surface area contributed by atoms with Gasteiger partial charge >= 0.3 is 5.97 Å². The lowest BCUT2D eigenvalue weighted by molar-refractivity contribution is -0.139. The van der Waals surface area contributed by atoms with Crippen LogP contribution < -0.4 is 9.47 Å². The first-order valence-electron chi connectivity index (χ1n) is 10.5. The van der Waals surface area contributed by atoms with Gasteiger partial charge in [-0.15, -0.1) is 0 Å². The number of ether oxygens (including phenoxy) is 3. The molecule has 6 heteroatoms. The predicted octanol–water partition coefficient (Wildman–Crippen LogP) is 4.47. The Morgan fingerprint density at radius 3 is 2.50 bits per heavy atom. The fourth-order valence-electron chi connectivity index (χ4n) is 4.58. The van der Waals surface area contributed by atoms with Gasteiger partial charge in [0.1, 0.15) is 5.78 Å². The highest BCUT2D eigenvalue weighted by Crippen LogP contribution is 2.48. The van der Waals surface area contributed by atoms with E-state index in [4.69, 9.17) is 19.2 Å². The number of nitrogens with zero attached hydrogens (tertiary/aromatic N) is 1. The van der Waals surface area contributed by atoms with Crippen LogP contribution in [0.25, 0.3) is 0 Å². The van der Waals surface area contributed by atoms with Crippen LogP contribution in [-0.2, 0) is 14.3 Å². The lowest BCUT2D eigenvalue weighted by atomic mass is 9.63. The number of methoxy groups -OCH3 is 1. The average molecular weight is 414 g/mol. The Kier molecular flexibility index (Phi) is 6.34. The number of allylic oxidation sites excluding steroid dienone is 1. The van der Waals surface area contributed by atoms with Crippen LogP contribution in [-0.4, -0.2) is 37.8 Å². The van der Waals surface area contributed by atoms with Gasteiger partial charge in [0, 0.05) is 23.7 Å². The Labute approximate surface area is 178 Å². The third-order valence-electron chi connectivity index (χ3n) is 5.71. The summed E-state index contributed by atoms with van der Waals surface area (Å²) >= 11 is 0. The van der Waals surface area contributed by atoms with Gasteiger partial charge in [-0.05, 0) is 50.3 Å². The molecule has 1 aliphatic heterocycles. The smallest absolute Gasteiger partial charge is 0.336 e. The first kappa shape index (κ1) is 22.1. The third kappa shape index (κ3) is 4.13. The van der Waals surface area contributed by atoms with Gasteiger partial charge in [-0.3, -0.25) is 9.79 Å². The van der Waals surface area contributed by atoms with E-state index in [0.29, 0.717) is 35.8 Å². The van der Waals surface area contributed by atoms with Crippen molar-refractivity contribution in [2.45, 2.75) is 53.4 Å². The maximum Gasteiger partial charge on any atom is 0.336 e. The molecule has 0 radical (unpaired) electrons. The number of carbonyl (C=O) groups is 2. The predicted molar refractivity (Wildman–Crippen MR) is 115 cm³/mol. The zero-order chi connectivity index (χ0) is 22.1. The normalized spacial score (nSPS) is 22.9. The molecule has 1 aliphatic carbocycles. The molecule has 1 fully saturated rings. The average Bonchev–Trinajstić information content (AvgIpc) is 2.66. The first-order valence-corrected chi connectivity index (χ1v) is 10.5. The zero-order valence-corrected chi connectivity index (χ0v) is 18.7. The van der Waals surface area contributed by atoms with Crippen molar-refractivity contribution < 1.29 is 23.8 Å². The quantitative estimate of drug-likeness (QED) is 0.643. The molecule has 0 saturated heterocycles. The van der Waals surface area contributed by atoms with Crippen molar-refractivity contribution in [1.82, 2.24) is 0 Å². The molecule has 0 aromatic heterocycles. The van der Waals surface area contributed by atoms with Crippen LogP contribution >= 0.6 is 0 Å². The summed E-state index contributed by atoms with van der Waals surface area (Å²) in [5.74, 6) is -0.0373. The van der Waals surface area contributed by atoms with E-state index >= 15 is 0 Å². The highest BCUT2D eigenvalue weighted by molar-refractivity contribution is 6.12. The second kappa shape index (κ2) is 8.62. The fourth-order valence-corrected chi connectivity index (χ4v) is 4.58. The minimum atomic E-state index is -0.469. The van der Waals surface area contributed by atoms with Gasteiger partial charge in [0.2, 0.25) is 0 Å². The molecule has 1 heterocycles. The highest BCUT2D eigenvalue weighted by atomic mass is 16.5. The summed E-state index contributed by atoms with van der Waals surface area (Å²) in [4.78, 5) is 30.9. The Balaban J connectivity index is 2.16. The van der Waals surface area contributed by atoms with Crippen molar-refractivity contribution in [1.29, 1.82) is 0 Å². The molecule has 1 saturated carbocycles.